The Hall–Kier alpha value is -1.46. The lowest BCUT2D eigenvalue weighted by atomic mass is 10.1. The number of aromatic nitrogens is 4. The molecule has 1 aromatic rings. The fourth-order valence-electron chi connectivity index (χ4n) is 1.41. The second-order valence-electron chi connectivity index (χ2n) is 4.89. The van der Waals surface area contributed by atoms with Crippen LogP contribution in [-0.2, 0) is 10.3 Å². The van der Waals surface area contributed by atoms with Gasteiger partial charge in [0.05, 0.1) is 11.5 Å². The average molecular weight is 210 g/mol. The summed E-state index contributed by atoms with van der Waals surface area (Å²) in [4.78, 5) is 12.2. The third-order valence-corrected chi connectivity index (χ3v) is 2.47. The van der Waals surface area contributed by atoms with E-state index in [1.54, 1.807) is 0 Å². The zero-order valence-corrected chi connectivity index (χ0v) is 9.01. The number of hydrogen-bond acceptors (Lipinski definition) is 4. The predicted octanol–water partition coefficient (Wildman–Crippen LogP) is 0.616. The number of aliphatic carboxylic acids is 1. The molecule has 82 valence electrons. The first kappa shape index (κ1) is 10.1. The molecule has 2 atom stereocenters. The molecule has 1 N–H and O–H groups in total. The van der Waals surface area contributed by atoms with Crippen molar-refractivity contribution < 1.29 is 9.90 Å². The summed E-state index contributed by atoms with van der Waals surface area (Å²) in [7, 11) is 0. The van der Waals surface area contributed by atoms with Gasteiger partial charge in [0.25, 0.3) is 0 Å². The van der Waals surface area contributed by atoms with E-state index in [4.69, 9.17) is 5.11 Å². The molecule has 1 heterocycles. The minimum absolute atomic E-state index is 0.0430. The Balaban J connectivity index is 2.13. The molecule has 1 aromatic heterocycles. The van der Waals surface area contributed by atoms with E-state index < -0.39 is 5.97 Å². The first-order chi connectivity index (χ1) is 6.89. The number of carboxylic acids is 1. The third-order valence-electron chi connectivity index (χ3n) is 2.47. The van der Waals surface area contributed by atoms with Gasteiger partial charge in [0.1, 0.15) is 0 Å². The molecule has 0 radical (unpaired) electrons. The van der Waals surface area contributed by atoms with Gasteiger partial charge in [0, 0.05) is 5.92 Å². The van der Waals surface area contributed by atoms with Gasteiger partial charge < -0.3 is 5.11 Å². The van der Waals surface area contributed by atoms with E-state index in [-0.39, 0.29) is 17.4 Å². The van der Waals surface area contributed by atoms with Crippen molar-refractivity contribution >= 4 is 5.97 Å². The van der Waals surface area contributed by atoms with Crippen LogP contribution in [0, 0.1) is 5.92 Å². The van der Waals surface area contributed by atoms with Crippen molar-refractivity contribution in [3.63, 3.8) is 0 Å². The summed E-state index contributed by atoms with van der Waals surface area (Å²) in [5.74, 6) is -0.578. The Kier molecular flexibility index (Phi) is 2.02. The molecular formula is C9H14N4O2. The summed E-state index contributed by atoms with van der Waals surface area (Å²) < 4.78 is 0. The second kappa shape index (κ2) is 3.01. The van der Waals surface area contributed by atoms with Crippen LogP contribution < -0.4 is 0 Å². The summed E-state index contributed by atoms with van der Waals surface area (Å²) in [6.45, 7) is 5.92. The number of carbonyl (C=O) groups is 1. The van der Waals surface area contributed by atoms with Gasteiger partial charge in [-0.2, -0.15) is 4.80 Å². The predicted molar refractivity (Wildman–Crippen MR) is 51.3 cm³/mol. The van der Waals surface area contributed by atoms with Crippen LogP contribution in [0.15, 0.2) is 0 Å². The lowest BCUT2D eigenvalue weighted by molar-refractivity contribution is -0.138. The van der Waals surface area contributed by atoms with Gasteiger partial charge >= 0.3 is 5.97 Å². The number of tetrazole rings is 1. The van der Waals surface area contributed by atoms with Crippen LogP contribution in [-0.4, -0.2) is 31.3 Å². The highest BCUT2D eigenvalue weighted by Gasteiger charge is 2.47. The first-order valence-corrected chi connectivity index (χ1v) is 4.93. The van der Waals surface area contributed by atoms with Crippen molar-refractivity contribution in [2.45, 2.75) is 38.6 Å². The Morgan fingerprint density at radius 3 is 2.60 bits per heavy atom. The zero-order chi connectivity index (χ0) is 11.2. The maximum Gasteiger partial charge on any atom is 0.307 e. The van der Waals surface area contributed by atoms with E-state index in [2.05, 4.69) is 15.4 Å². The van der Waals surface area contributed by atoms with Crippen LogP contribution >= 0.6 is 0 Å². The molecule has 0 aromatic carbocycles. The van der Waals surface area contributed by atoms with Crippen LogP contribution in [0.25, 0.3) is 0 Å². The first-order valence-electron chi connectivity index (χ1n) is 4.93. The van der Waals surface area contributed by atoms with Gasteiger partial charge in [-0.1, -0.05) is 0 Å². The summed E-state index contributed by atoms with van der Waals surface area (Å²) in [6, 6.07) is 0. The highest BCUT2D eigenvalue weighted by atomic mass is 16.4. The van der Waals surface area contributed by atoms with Crippen molar-refractivity contribution in [2.75, 3.05) is 0 Å². The molecule has 1 aliphatic rings. The molecular weight excluding hydrogens is 196 g/mol. The van der Waals surface area contributed by atoms with E-state index in [9.17, 15) is 4.79 Å². The van der Waals surface area contributed by atoms with Gasteiger partial charge in [-0.3, -0.25) is 4.79 Å². The summed E-state index contributed by atoms with van der Waals surface area (Å²) in [5.41, 5.74) is -0.209. The summed E-state index contributed by atoms with van der Waals surface area (Å²) in [5, 5.41) is 20.8. The largest absolute Gasteiger partial charge is 0.481 e. The molecule has 1 saturated carbocycles. The van der Waals surface area contributed by atoms with Crippen molar-refractivity contribution in [1.82, 2.24) is 20.2 Å². The fourth-order valence-corrected chi connectivity index (χ4v) is 1.41. The van der Waals surface area contributed by atoms with Crippen molar-refractivity contribution in [3.05, 3.63) is 5.82 Å². The lowest BCUT2D eigenvalue weighted by Gasteiger charge is -2.15. The number of hydrogen-bond donors (Lipinski definition) is 1. The normalized spacial score (nSPS) is 25.3. The topological polar surface area (TPSA) is 80.9 Å². The molecule has 1 fully saturated rings. The van der Waals surface area contributed by atoms with Crippen LogP contribution in [0.1, 0.15) is 38.9 Å². The monoisotopic (exact) mass is 210 g/mol. The molecule has 15 heavy (non-hydrogen) atoms. The zero-order valence-electron chi connectivity index (χ0n) is 9.01. The fraction of sp³-hybridized carbons (Fsp3) is 0.778. The molecule has 0 aliphatic heterocycles. The van der Waals surface area contributed by atoms with E-state index in [0.717, 1.165) is 0 Å². The molecule has 1 aliphatic carbocycles. The second-order valence-corrected chi connectivity index (χ2v) is 4.89. The Bertz CT molecular complexity index is 393. The molecule has 6 heteroatoms. The summed E-state index contributed by atoms with van der Waals surface area (Å²) in [6.07, 6.45) is 0.630. The smallest absolute Gasteiger partial charge is 0.307 e. The third kappa shape index (κ3) is 1.84. The van der Waals surface area contributed by atoms with Crippen LogP contribution in [0.4, 0.5) is 0 Å². The quantitative estimate of drug-likeness (QED) is 0.773. The van der Waals surface area contributed by atoms with E-state index in [0.29, 0.717) is 12.2 Å². The average Bonchev–Trinajstić information content (AvgIpc) is 2.74. The van der Waals surface area contributed by atoms with Gasteiger partial charge in [0.15, 0.2) is 5.82 Å². The van der Waals surface area contributed by atoms with Crippen LogP contribution in [0.3, 0.4) is 0 Å². The minimum atomic E-state index is -0.771. The minimum Gasteiger partial charge on any atom is -0.481 e. The van der Waals surface area contributed by atoms with Gasteiger partial charge in [-0.05, 0) is 32.4 Å². The molecule has 6 nitrogen and oxygen atoms in total. The highest BCUT2D eigenvalue weighted by molar-refractivity contribution is 5.74. The van der Waals surface area contributed by atoms with Crippen molar-refractivity contribution in [1.29, 1.82) is 0 Å². The maximum absolute atomic E-state index is 10.7. The van der Waals surface area contributed by atoms with Gasteiger partial charge in [-0.25, -0.2) is 0 Å². The lowest BCUT2D eigenvalue weighted by Crippen LogP contribution is -2.24. The Morgan fingerprint density at radius 2 is 2.20 bits per heavy atom. The number of carboxylic acid groups (broad SMARTS) is 1. The van der Waals surface area contributed by atoms with Crippen molar-refractivity contribution in [2.24, 2.45) is 5.92 Å². The Morgan fingerprint density at radius 1 is 1.53 bits per heavy atom. The van der Waals surface area contributed by atoms with Gasteiger partial charge in [0.2, 0.25) is 0 Å². The number of rotatable bonds is 2. The van der Waals surface area contributed by atoms with E-state index >= 15 is 0 Å². The van der Waals surface area contributed by atoms with E-state index in [1.807, 2.05) is 20.8 Å². The van der Waals surface area contributed by atoms with E-state index in [1.165, 1.54) is 4.80 Å². The number of nitrogens with zero attached hydrogens (tertiary/aromatic N) is 4. The van der Waals surface area contributed by atoms with Gasteiger partial charge in [-0.15, -0.1) is 10.2 Å². The molecule has 2 unspecified atom stereocenters. The van der Waals surface area contributed by atoms with Crippen LogP contribution in [0.5, 0.6) is 0 Å². The molecule has 0 saturated heterocycles. The molecule has 2 rings (SSSR count). The molecule has 0 amide bonds. The maximum atomic E-state index is 10.7. The van der Waals surface area contributed by atoms with Crippen LogP contribution in [0.2, 0.25) is 0 Å². The summed E-state index contributed by atoms with van der Waals surface area (Å²) >= 11 is 0. The molecule has 0 spiro atoms. The highest BCUT2D eigenvalue weighted by Crippen LogP contribution is 2.45. The standard InChI is InChI=1S/C9H14N4O2/c1-9(2,3)13-11-7(10-12-13)5-4-6(5)8(14)15/h5-6H,4H2,1-3H3,(H,14,15). The van der Waals surface area contributed by atoms with Crippen molar-refractivity contribution in [3.8, 4) is 0 Å². The SMILES string of the molecule is CC(C)(C)n1nnc(C2CC2C(=O)O)n1. The molecule has 0 bridgehead atoms. The Labute approximate surface area is 87.3 Å².